The van der Waals surface area contributed by atoms with Crippen LogP contribution < -0.4 is 5.73 Å². The van der Waals surface area contributed by atoms with Crippen LogP contribution in [0.2, 0.25) is 0 Å². The molecule has 0 saturated carbocycles. The maximum Gasteiger partial charge on any atom is 0.412 e. The molecule has 1 aromatic rings. The Morgan fingerprint density at radius 3 is 2.50 bits per heavy atom. The van der Waals surface area contributed by atoms with Crippen LogP contribution in [-0.4, -0.2) is 24.2 Å². The van der Waals surface area contributed by atoms with Gasteiger partial charge < -0.3 is 5.73 Å². The van der Waals surface area contributed by atoms with Gasteiger partial charge in [0.1, 0.15) is 5.82 Å². The van der Waals surface area contributed by atoms with Crippen LogP contribution in [0.1, 0.15) is 17.5 Å². The summed E-state index contributed by atoms with van der Waals surface area (Å²) >= 11 is 0. The van der Waals surface area contributed by atoms with Crippen LogP contribution in [0.4, 0.5) is 17.6 Å². The minimum Gasteiger partial charge on any atom is -0.326 e. The Morgan fingerprint density at radius 1 is 1.20 bits per heavy atom. The van der Waals surface area contributed by atoms with E-state index in [9.17, 15) is 17.6 Å². The Bertz CT molecular complexity index is 508. The van der Waals surface area contributed by atoms with Crippen molar-refractivity contribution >= 4 is 0 Å². The highest BCUT2D eigenvalue weighted by Gasteiger charge is 2.34. The van der Waals surface area contributed by atoms with Crippen LogP contribution in [0, 0.1) is 5.82 Å². The molecule has 1 aromatic carbocycles. The lowest BCUT2D eigenvalue weighted by atomic mass is 10.0. The number of nitrogens with two attached hydrogens (primary N) is 1. The molecule has 1 aliphatic heterocycles. The number of hydrogen-bond acceptors (Lipinski definition) is 2. The average Bonchev–Trinajstić information content (AvgIpc) is 2.40. The van der Waals surface area contributed by atoms with Gasteiger partial charge in [0.25, 0.3) is 0 Å². The summed E-state index contributed by atoms with van der Waals surface area (Å²) in [4.78, 5) is 1.89. The van der Waals surface area contributed by atoms with Crippen LogP contribution in [0.5, 0.6) is 0 Å². The van der Waals surface area contributed by atoms with Crippen molar-refractivity contribution in [2.45, 2.75) is 25.7 Å². The van der Waals surface area contributed by atoms with Crippen molar-refractivity contribution in [1.29, 1.82) is 0 Å². The average molecular weight is 288 g/mol. The van der Waals surface area contributed by atoms with Crippen molar-refractivity contribution in [3.63, 3.8) is 0 Å². The van der Waals surface area contributed by atoms with Crippen LogP contribution in [0.25, 0.3) is 0 Å². The van der Waals surface area contributed by atoms with E-state index in [2.05, 4.69) is 0 Å². The van der Waals surface area contributed by atoms with Crippen LogP contribution >= 0.6 is 0 Å². The summed E-state index contributed by atoms with van der Waals surface area (Å²) in [6, 6.07) is 4.35. The van der Waals surface area contributed by atoms with Crippen LogP contribution in [0.15, 0.2) is 29.8 Å². The number of hydrogen-bond donors (Lipinski definition) is 1. The molecule has 2 rings (SSSR count). The second-order valence-electron chi connectivity index (χ2n) is 4.83. The molecule has 0 bridgehead atoms. The van der Waals surface area contributed by atoms with Crippen molar-refractivity contribution in [3.8, 4) is 0 Å². The highest BCUT2D eigenvalue weighted by molar-refractivity contribution is 5.28. The monoisotopic (exact) mass is 288 g/mol. The van der Waals surface area contributed by atoms with Crippen molar-refractivity contribution in [1.82, 2.24) is 4.90 Å². The molecular weight excluding hydrogens is 272 g/mol. The Balaban J connectivity index is 2.05. The van der Waals surface area contributed by atoms with Crippen molar-refractivity contribution < 1.29 is 17.6 Å². The van der Waals surface area contributed by atoms with Gasteiger partial charge in [-0.05, 0) is 29.7 Å². The fraction of sp³-hybridized carbons (Fsp3) is 0.429. The Kier molecular flexibility index (Phi) is 4.45. The van der Waals surface area contributed by atoms with Gasteiger partial charge in [-0.25, -0.2) is 4.39 Å². The maximum absolute atomic E-state index is 13.1. The molecule has 20 heavy (non-hydrogen) atoms. The molecule has 0 unspecified atom stereocenters. The lowest BCUT2D eigenvalue weighted by Crippen LogP contribution is -2.31. The summed E-state index contributed by atoms with van der Waals surface area (Å²) in [5.74, 6) is -0.355. The van der Waals surface area contributed by atoms with Gasteiger partial charge in [-0.1, -0.05) is 12.1 Å². The molecule has 0 aliphatic carbocycles. The number of nitrogens with zero attached hydrogens (tertiary/aromatic N) is 1. The molecule has 0 saturated heterocycles. The van der Waals surface area contributed by atoms with E-state index in [1.807, 2.05) is 4.90 Å². The Morgan fingerprint density at radius 2 is 1.95 bits per heavy atom. The zero-order valence-electron chi connectivity index (χ0n) is 10.9. The first-order valence-electron chi connectivity index (χ1n) is 6.36. The van der Waals surface area contributed by atoms with Gasteiger partial charge in [0.2, 0.25) is 0 Å². The number of benzene rings is 1. The zero-order chi connectivity index (χ0) is 14.8. The molecule has 110 valence electrons. The van der Waals surface area contributed by atoms with E-state index in [0.29, 0.717) is 18.7 Å². The fourth-order valence-corrected chi connectivity index (χ4v) is 2.29. The summed E-state index contributed by atoms with van der Waals surface area (Å²) in [5.41, 5.74) is 6.64. The van der Waals surface area contributed by atoms with Gasteiger partial charge in [-0.2, -0.15) is 13.2 Å². The predicted molar refractivity (Wildman–Crippen MR) is 68.3 cm³/mol. The number of rotatable bonds is 3. The highest BCUT2D eigenvalue weighted by atomic mass is 19.4. The molecular formula is C14H16F4N2. The molecule has 2 nitrogen and oxygen atoms in total. The Labute approximate surface area is 114 Å². The van der Waals surface area contributed by atoms with Gasteiger partial charge in [0, 0.05) is 31.8 Å². The van der Waals surface area contributed by atoms with E-state index in [1.165, 1.54) is 18.2 Å². The SMILES string of the molecule is NCc1cc(F)ccc1CN1CC=C(C(F)(F)F)CC1. The maximum atomic E-state index is 13.1. The third kappa shape index (κ3) is 3.58. The fourth-order valence-electron chi connectivity index (χ4n) is 2.29. The van der Waals surface area contributed by atoms with Crippen molar-refractivity contribution in [2.24, 2.45) is 5.73 Å². The van der Waals surface area contributed by atoms with E-state index >= 15 is 0 Å². The number of alkyl halides is 3. The lowest BCUT2D eigenvalue weighted by molar-refractivity contribution is -0.0960. The first-order valence-corrected chi connectivity index (χ1v) is 6.36. The standard InChI is InChI=1S/C14H16F4N2/c15-13-2-1-10(11(7-13)8-19)9-20-5-3-12(4-6-20)14(16,17)18/h1-3,7H,4-6,8-9,19H2. The van der Waals surface area contributed by atoms with Gasteiger partial charge in [-0.3, -0.25) is 4.90 Å². The molecule has 0 radical (unpaired) electrons. The second-order valence-corrected chi connectivity index (χ2v) is 4.83. The molecule has 0 spiro atoms. The first kappa shape index (κ1) is 15.0. The van der Waals surface area contributed by atoms with Gasteiger partial charge in [0.05, 0.1) is 0 Å². The molecule has 0 aromatic heterocycles. The normalized spacial score (nSPS) is 17.1. The Hall–Kier alpha value is -1.40. The van der Waals surface area contributed by atoms with E-state index in [0.717, 1.165) is 5.56 Å². The van der Waals surface area contributed by atoms with E-state index in [4.69, 9.17) is 5.73 Å². The molecule has 1 heterocycles. The van der Waals surface area contributed by atoms with Crippen LogP contribution in [-0.2, 0) is 13.1 Å². The van der Waals surface area contributed by atoms with Crippen molar-refractivity contribution in [2.75, 3.05) is 13.1 Å². The summed E-state index contributed by atoms with van der Waals surface area (Å²) in [7, 11) is 0. The quantitative estimate of drug-likeness (QED) is 0.684. The van der Waals surface area contributed by atoms with Gasteiger partial charge in [0.15, 0.2) is 0 Å². The van der Waals surface area contributed by atoms with Gasteiger partial charge in [-0.15, -0.1) is 0 Å². The summed E-state index contributed by atoms with van der Waals surface area (Å²) in [5, 5.41) is 0. The molecule has 1 aliphatic rings. The molecule has 6 heteroatoms. The highest BCUT2D eigenvalue weighted by Crippen LogP contribution is 2.30. The second kappa shape index (κ2) is 5.93. The third-order valence-corrected chi connectivity index (χ3v) is 3.44. The molecule has 2 N–H and O–H groups in total. The number of halogens is 4. The molecule has 0 fully saturated rings. The molecule has 0 atom stereocenters. The predicted octanol–water partition coefficient (Wildman–Crippen LogP) is 2.98. The summed E-state index contributed by atoms with van der Waals surface area (Å²) in [6.45, 7) is 1.28. The van der Waals surface area contributed by atoms with Crippen molar-refractivity contribution in [3.05, 3.63) is 46.8 Å². The first-order chi connectivity index (χ1) is 9.40. The summed E-state index contributed by atoms with van der Waals surface area (Å²) in [6.07, 6.45) is -3.03. The zero-order valence-corrected chi connectivity index (χ0v) is 10.9. The van der Waals surface area contributed by atoms with E-state index in [1.54, 1.807) is 6.07 Å². The third-order valence-electron chi connectivity index (χ3n) is 3.44. The summed E-state index contributed by atoms with van der Waals surface area (Å²) < 4.78 is 50.6. The minimum atomic E-state index is -4.23. The smallest absolute Gasteiger partial charge is 0.326 e. The van der Waals surface area contributed by atoms with E-state index in [-0.39, 0.29) is 25.3 Å². The molecule has 0 amide bonds. The van der Waals surface area contributed by atoms with Crippen LogP contribution in [0.3, 0.4) is 0 Å². The van der Waals surface area contributed by atoms with Gasteiger partial charge >= 0.3 is 6.18 Å². The topological polar surface area (TPSA) is 29.3 Å². The largest absolute Gasteiger partial charge is 0.412 e. The van der Waals surface area contributed by atoms with E-state index < -0.39 is 11.7 Å². The minimum absolute atomic E-state index is 0.0113. The lowest BCUT2D eigenvalue weighted by Gasteiger charge is -2.27.